The van der Waals surface area contributed by atoms with Crippen LogP contribution in [-0.2, 0) is 9.57 Å². The number of carbonyl (C=O) groups is 1. The summed E-state index contributed by atoms with van der Waals surface area (Å²) < 4.78 is 48.6. The van der Waals surface area contributed by atoms with Gasteiger partial charge in [0.15, 0.2) is 0 Å². The first-order valence-electron chi connectivity index (χ1n) is 7.87. The van der Waals surface area contributed by atoms with Crippen LogP contribution in [0.25, 0.3) is 5.69 Å². The summed E-state index contributed by atoms with van der Waals surface area (Å²) in [6, 6.07) is 7.40. The lowest BCUT2D eigenvalue weighted by Crippen LogP contribution is -2.28. The Morgan fingerprint density at radius 1 is 1.25 bits per heavy atom. The third kappa shape index (κ3) is 6.20. The number of ether oxygens (including phenoxy) is 2. The van der Waals surface area contributed by atoms with Gasteiger partial charge >= 0.3 is 11.6 Å². The quantitative estimate of drug-likeness (QED) is 0.492. The van der Waals surface area contributed by atoms with Crippen molar-refractivity contribution in [3.63, 3.8) is 0 Å². The highest BCUT2D eigenvalue weighted by Crippen LogP contribution is 2.36. The summed E-state index contributed by atoms with van der Waals surface area (Å²) in [5.74, 6) is 0.305. The van der Waals surface area contributed by atoms with Crippen LogP contribution >= 0.6 is 11.8 Å². The molecule has 1 amide bonds. The lowest BCUT2D eigenvalue weighted by molar-refractivity contribution is -0.0792. The number of aromatic nitrogens is 2. The minimum Gasteiger partial charge on any atom is -0.472 e. The maximum Gasteiger partial charge on any atom is 0.446 e. The molecule has 1 aromatic carbocycles. The SMILES string of the molecule is COC(=O)N(OC)/C(C)=C\COc1ccn(-c2ccc(SC(F)(F)F)cc2)n1. The number of rotatable bonds is 7. The van der Waals surface area contributed by atoms with Gasteiger partial charge in [-0.05, 0) is 49.0 Å². The summed E-state index contributed by atoms with van der Waals surface area (Å²) in [6.45, 7) is 1.75. The van der Waals surface area contributed by atoms with Crippen molar-refractivity contribution in [3.8, 4) is 11.6 Å². The molecule has 2 rings (SSSR count). The van der Waals surface area contributed by atoms with Gasteiger partial charge in [-0.25, -0.2) is 9.48 Å². The largest absolute Gasteiger partial charge is 0.472 e. The van der Waals surface area contributed by atoms with Crippen LogP contribution < -0.4 is 4.74 Å². The van der Waals surface area contributed by atoms with Crippen LogP contribution in [0.3, 0.4) is 0 Å². The average molecular weight is 417 g/mol. The van der Waals surface area contributed by atoms with E-state index in [1.54, 1.807) is 25.3 Å². The van der Waals surface area contributed by atoms with Crippen LogP contribution in [0.2, 0.25) is 0 Å². The molecule has 0 saturated carbocycles. The molecule has 1 heterocycles. The molecule has 1 aromatic heterocycles. The average Bonchev–Trinajstić information content (AvgIpc) is 3.10. The van der Waals surface area contributed by atoms with E-state index < -0.39 is 11.6 Å². The highest BCUT2D eigenvalue weighted by atomic mass is 32.2. The number of alkyl halides is 3. The molecule has 0 fully saturated rings. The number of thioether (sulfide) groups is 1. The second-order valence-corrected chi connectivity index (χ2v) is 6.38. The third-order valence-electron chi connectivity index (χ3n) is 3.35. The zero-order chi connectivity index (χ0) is 20.7. The highest BCUT2D eigenvalue weighted by Gasteiger charge is 2.29. The molecule has 0 atom stereocenters. The van der Waals surface area contributed by atoms with Crippen molar-refractivity contribution < 1.29 is 32.3 Å². The van der Waals surface area contributed by atoms with Gasteiger partial charge in [0.05, 0.1) is 19.9 Å². The Morgan fingerprint density at radius 3 is 2.50 bits per heavy atom. The molecule has 7 nitrogen and oxygen atoms in total. The van der Waals surface area contributed by atoms with Crippen molar-refractivity contribution in [3.05, 3.63) is 48.3 Å². The number of nitrogens with zero attached hydrogens (tertiary/aromatic N) is 3. The Balaban J connectivity index is 1.97. The normalized spacial score (nSPS) is 12.0. The standard InChI is InChI=1S/C17H18F3N3O4S/c1-12(23(26-3)16(24)25-2)9-11-27-15-8-10-22(21-15)13-4-6-14(7-5-13)28-17(18,19)20/h4-10H,11H2,1-3H3/b12-9-. The Morgan fingerprint density at radius 2 is 1.93 bits per heavy atom. The van der Waals surface area contributed by atoms with E-state index in [9.17, 15) is 18.0 Å². The molecular weight excluding hydrogens is 399 g/mol. The van der Waals surface area contributed by atoms with E-state index in [-0.39, 0.29) is 23.3 Å². The first kappa shape index (κ1) is 21.6. The second-order valence-electron chi connectivity index (χ2n) is 5.24. The second kappa shape index (κ2) is 9.51. The Labute approximate surface area is 163 Å². The van der Waals surface area contributed by atoms with Crippen LogP contribution in [0.1, 0.15) is 6.92 Å². The Kier molecular flexibility index (Phi) is 7.35. The number of benzene rings is 1. The molecule has 0 aliphatic rings. The van der Waals surface area contributed by atoms with Crippen LogP contribution in [0.5, 0.6) is 5.88 Å². The maximum absolute atomic E-state index is 12.4. The van der Waals surface area contributed by atoms with E-state index >= 15 is 0 Å². The monoisotopic (exact) mass is 417 g/mol. The van der Waals surface area contributed by atoms with E-state index in [4.69, 9.17) is 9.57 Å². The first-order chi connectivity index (χ1) is 13.2. The molecule has 0 bridgehead atoms. The van der Waals surface area contributed by atoms with Gasteiger partial charge in [-0.3, -0.25) is 4.84 Å². The number of halogens is 3. The fourth-order valence-corrected chi connectivity index (χ4v) is 2.64. The Bertz CT molecular complexity index is 822. The van der Waals surface area contributed by atoms with E-state index in [1.165, 1.54) is 43.2 Å². The Hall–Kier alpha value is -2.66. The zero-order valence-electron chi connectivity index (χ0n) is 15.3. The van der Waals surface area contributed by atoms with E-state index in [0.717, 1.165) is 5.06 Å². The lowest BCUT2D eigenvalue weighted by Gasteiger charge is -2.18. The molecule has 0 aliphatic carbocycles. The first-order valence-corrected chi connectivity index (χ1v) is 8.68. The van der Waals surface area contributed by atoms with Crippen LogP contribution in [0.15, 0.2) is 53.2 Å². The fourth-order valence-electron chi connectivity index (χ4n) is 2.10. The molecule has 0 radical (unpaired) electrons. The molecule has 0 N–H and O–H groups in total. The summed E-state index contributed by atoms with van der Waals surface area (Å²) >= 11 is -0.177. The summed E-state index contributed by atoms with van der Waals surface area (Å²) in [6.07, 6.45) is 2.55. The van der Waals surface area contributed by atoms with Gasteiger partial charge in [-0.1, -0.05) is 0 Å². The van der Waals surface area contributed by atoms with Crippen LogP contribution in [0.4, 0.5) is 18.0 Å². The van der Waals surface area contributed by atoms with Crippen molar-refractivity contribution >= 4 is 17.9 Å². The van der Waals surface area contributed by atoms with Crippen molar-refractivity contribution in [1.82, 2.24) is 14.8 Å². The summed E-state index contributed by atoms with van der Waals surface area (Å²) in [4.78, 5) is 16.5. The lowest BCUT2D eigenvalue weighted by atomic mass is 10.3. The smallest absolute Gasteiger partial charge is 0.446 e. The van der Waals surface area contributed by atoms with Gasteiger partial charge < -0.3 is 9.47 Å². The number of carbonyl (C=O) groups excluding carboxylic acids is 1. The van der Waals surface area contributed by atoms with Gasteiger partial charge in [-0.15, -0.1) is 5.10 Å². The van der Waals surface area contributed by atoms with E-state index in [2.05, 4.69) is 9.84 Å². The summed E-state index contributed by atoms with van der Waals surface area (Å²) in [5, 5.41) is 5.16. The van der Waals surface area contributed by atoms with Gasteiger partial charge in [0.25, 0.3) is 0 Å². The van der Waals surface area contributed by atoms with Gasteiger partial charge in [0, 0.05) is 22.9 Å². The molecule has 11 heteroatoms. The molecular formula is C17H18F3N3O4S. The molecule has 0 aliphatic heterocycles. The number of methoxy groups -OCH3 is 1. The van der Waals surface area contributed by atoms with Crippen molar-refractivity contribution in [2.24, 2.45) is 0 Å². The number of hydrogen-bond donors (Lipinski definition) is 0. The van der Waals surface area contributed by atoms with Crippen molar-refractivity contribution in [2.75, 3.05) is 20.8 Å². The van der Waals surface area contributed by atoms with Crippen LogP contribution in [-0.4, -0.2) is 47.3 Å². The minimum atomic E-state index is -4.33. The molecule has 0 spiro atoms. The molecule has 0 saturated heterocycles. The van der Waals surface area contributed by atoms with Gasteiger partial charge in [0.1, 0.15) is 6.61 Å². The number of hydrogen-bond acceptors (Lipinski definition) is 6. The van der Waals surface area contributed by atoms with Crippen LogP contribution in [0, 0.1) is 0 Å². The number of hydroxylamine groups is 2. The molecule has 28 heavy (non-hydrogen) atoms. The van der Waals surface area contributed by atoms with E-state index in [0.29, 0.717) is 17.3 Å². The molecule has 152 valence electrons. The highest BCUT2D eigenvalue weighted by molar-refractivity contribution is 8.00. The molecule has 2 aromatic rings. The molecule has 0 unspecified atom stereocenters. The number of amides is 1. The number of allylic oxidation sites excluding steroid dienone is 1. The van der Waals surface area contributed by atoms with Gasteiger partial charge in [0.2, 0.25) is 5.88 Å². The predicted molar refractivity (Wildman–Crippen MR) is 96.0 cm³/mol. The van der Waals surface area contributed by atoms with Gasteiger partial charge in [-0.2, -0.15) is 18.2 Å². The zero-order valence-corrected chi connectivity index (χ0v) is 16.1. The third-order valence-corrected chi connectivity index (χ3v) is 4.09. The van der Waals surface area contributed by atoms with Crippen molar-refractivity contribution in [2.45, 2.75) is 17.3 Å². The van der Waals surface area contributed by atoms with Crippen molar-refractivity contribution in [1.29, 1.82) is 0 Å². The summed E-state index contributed by atoms with van der Waals surface area (Å²) in [5.41, 5.74) is -3.28. The topological polar surface area (TPSA) is 65.8 Å². The fraction of sp³-hybridized carbons (Fsp3) is 0.294. The summed E-state index contributed by atoms with van der Waals surface area (Å²) in [7, 11) is 2.56. The van der Waals surface area contributed by atoms with E-state index in [1.807, 2.05) is 0 Å². The minimum absolute atomic E-state index is 0.0915. The predicted octanol–water partition coefficient (Wildman–Crippen LogP) is 4.40. The maximum atomic E-state index is 12.4.